The van der Waals surface area contributed by atoms with Crippen LogP contribution in [0.1, 0.15) is 26.2 Å². The van der Waals surface area contributed by atoms with E-state index in [1.807, 2.05) is 0 Å². The van der Waals surface area contributed by atoms with Crippen molar-refractivity contribution in [1.82, 2.24) is 4.90 Å². The molecule has 1 heterocycles. The van der Waals surface area contributed by atoms with Crippen molar-refractivity contribution in [2.45, 2.75) is 38.4 Å². The predicted octanol–water partition coefficient (Wildman–Crippen LogP) is 1.63. The second-order valence-electron chi connectivity index (χ2n) is 3.48. The first kappa shape index (κ1) is 9.93. The number of rotatable bonds is 4. The van der Waals surface area contributed by atoms with Crippen molar-refractivity contribution < 1.29 is 9.50 Å². The number of nitrogens with zero attached hydrogens (tertiary/aromatic N) is 1. The van der Waals surface area contributed by atoms with Crippen molar-refractivity contribution >= 4 is 0 Å². The molecule has 2 unspecified atom stereocenters. The molecule has 0 aliphatic carbocycles. The highest BCUT2D eigenvalue weighted by Crippen LogP contribution is 2.21. The van der Waals surface area contributed by atoms with Crippen molar-refractivity contribution in [3.05, 3.63) is 0 Å². The normalized spacial score (nSPS) is 27.8. The van der Waals surface area contributed by atoms with Gasteiger partial charge in [-0.25, -0.2) is 9.50 Å². The van der Waals surface area contributed by atoms with Crippen molar-refractivity contribution in [1.29, 1.82) is 0 Å². The van der Waals surface area contributed by atoms with E-state index in [0.29, 0.717) is 6.42 Å². The van der Waals surface area contributed by atoms with Crippen LogP contribution in [0.15, 0.2) is 0 Å². The van der Waals surface area contributed by atoms with E-state index in [-0.39, 0.29) is 12.6 Å². The Kier molecular flexibility index (Phi) is 3.95. The quantitative estimate of drug-likeness (QED) is 0.635. The number of alkyl halides is 1. The molecule has 0 saturated carbocycles. The Morgan fingerprint density at radius 1 is 1.67 bits per heavy atom. The lowest BCUT2D eigenvalue weighted by atomic mass is 10.1. The molecule has 12 heavy (non-hydrogen) atoms. The zero-order chi connectivity index (χ0) is 8.97. The number of halogens is 1. The minimum atomic E-state index is -0.751. The monoisotopic (exact) mass is 174 g/mol. The van der Waals surface area contributed by atoms with E-state index in [9.17, 15) is 9.50 Å². The van der Waals surface area contributed by atoms with E-state index in [4.69, 9.17) is 0 Å². The second kappa shape index (κ2) is 4.77. The highest BCUT2D eigenvalue weighted by molar-refractivity contribution is 4.82. The number of hydrogen-bond acceptors (Lipinski definition) is 1. The summed E-state index contributed by atoms with van der Waals surface area (Å²) in [4.78, 5) is 2.11. The molecule has 1 saturated heterocycles. The summed E-state index contributed by atoms with van der Waals surface area (Å²) in [6, 6.07) is 0.0801. The molecule has 0 aromatic carbocycles. The molecule has 2 nitrogen and oxygen atoms in total. The van der Waals surface area contributed by atoms with Crippen LogP contribution in [0.25, 0.3) is 0 Å². The summed E-state index contributed by atoms with van der Waals surface area (Å²) in [5.74, 6) is 0. The Morgan fingerprint density at radius 2 is 2.42 bits per heavy atom. The first-order valence-corrected chi connectivity index (χ1v) is 4.72. The zero-order valence-corrected chi connectivity index (χ0v) is 7.63. The maximum atomic E-state index is 13.0. The lowest BCUT2D eigenvalue weighted by molar-refractivity contribution is 0.130. The van der Waals surface area contributed by atoms with Crippen molar-refractivity contribution in [2.75, 3.05) is 19.7 Å². The largest absolute Gasteiger partial charge is 0.297 e. The van der Waals surface area contributed by atoms with Crippen molar-refractivity contribution in [3.63, 3.8) is 0 Å². The van der Waals surface area contributed by atoms with Gasteiger partial charge < -0.3 is 0 Å². The molecule has 71 valence electrons. The van der Waals surface area contributed by atoms with Gasteiger partial charge in [0, 0.05) is 12.6 Å². The van der Waals surface area contributed by atoms with Gasteiger partial charge in [0.2, 0.25) is 0 Å². The van der Waals surface area contributed by atoms with Crippen LogP contribution >= 0.6 is 0 Å². The smallest absolute Gasteiger partial charge is 0.113 e. The van der Waals surface area contributed by atoms with E-state index in [1.54, 1.807) is 6.92 Å². The Balaban J connectivity index is 2.30. The van der Waals surface area contributed by atoms with Gasteiger partial charge in [-0.05, 0) is 32.7 Å². The maximum absolute atomic E-state index is 13.0. The molecule has 2 atom stereocenters. The summed E-state index contributed by atoms with van der Waals surface area (Å²) >= 11 is 0. The molecule has 0 N–H and O–H groups in total. The SMILES string of the molecule is CC(F)C1CCCN1CCC[O]. The van der Waals surface area contributed by atoms with Crippen LogP contribution in [0.3, 0.4) is 0 Å². The Bertz CT molecular complexity index is 130. The molecular weight excluding hydrogens is 157 g/mol. The van der Waals surface area contributed by atoms with Gasteiger partial charge in [-0.2, -0.15) is 0 Å². The molecule has 1 fully saturated rings. The van der Waals surface area contributed by atoms with Gasteiger partial charge >= 0.3 is 0 Å². The summed E-state index contributed by atoms with van der Waals surface area (Å²) in [7, 11) is 0. The molecule has 1 aliphatic rings. The fraction of sp³-hybridized carbons (Fsp3) is 1.00. The average molecular weight is 174 g/mol. The fourth-order valence-electron chi connectivity index (χ4n) is 1.92. The highest BCUT2D eigenvalue weighted by atomic mass is 19.1. The topological polar surface area (TPSA) is 23.1 Å². The van der Waals surface area contributed by atoms with Crippen LogP contribution < -0.4 is 0 Å². The van der Waals surface area contributed by atoms with Gasteiger partial charge in [-0.3, -0.25) is 4.90 Å². The molecule has 1 radical (unpaired) electrons. The molecular formula is C9H17FNO. The molecule has 0 spiro atoms. The summed E-state index contributed by atoms with van der Waals surface area (Å²) in [5.41, 5.74) is 0. The first-order valence-electron chi connectivity index (χ1n) is 4.72. The van der Waals surface area contributed by atoms with Crippen LogP contribution in [-0.4, -0.2) is 36.8 Å². The standard InChI is InChI=1S/C9H17FNO/c1-8(10)9-4-2-5-11(9)6-3-7-12/h8-9H,2-7H2,1H3. The van der Waals surface area contributed by atoms with Crippen LogP contribution in [0.5, 0.6) is 0 Å². The van der Waals surface area contributed by atoms with Crippen LogP contribution in [0.2, 0.25) is 0 Å². The summed E-state index contributed by atoms with van der Waals surface area (Å²) in [5, 5.41) is 10.2. The molecule has 0 bridgehead atoms. The first-order chi connectivity index (χ1) is 5.75. The lowest BCUT2D eigenvalue weighted by Crippen LogP contribution is -2.36. The predicted molar refractivity (Wildman–Crippen MR) is 45.3 cm³/mol. The molecule has 0 aromatic heterocycles. The molecule has 3 heteroatoms. The third kappa shape index (κ3) is 2.42. The molecule has 1 rings (SSSR count). The van der Waals surface area contributed by atoms with E-state index >= 15 is 0 Å². The molecule has 0 amide bonds. The van der Waals surface area contributed by atoms with Crippen LogP contribution in [0, 0.1) is 0 Å². The van der Waals surface area contributed by atoms with Crippen molar-refractivity contribution in [3.8, 4) is 0 Å². The number of likely N-dealkylation sites (tertiary alicyclic amines) is 1. The second-order valence-corrected chi connectivity index (χ2v) is 3.48. The maximum Gasteiger partial charge on any atom is 0.113 e. The van der Waals surface area contributed by atoms with Crippen LogP contribution in [0.4, 0.5) is 4.39 Å². The van der Waals surface area contributed by atoms with Crippen molar-refractivity contribution in [2.24, 2.45) is 0 Å². The highest BCUT2D eigenvalue weighted by Gasteiger charge is 2.28. The van der Waals surface area contributed by atoms with Crippen LogP contribution in [-0.2, 0) is 5.11 Å². The van der Waals surface area contributed by atoms with E-state index in [1.165, 1.54) is 0 Å². The van der Waals surface area contributed by atoms with Gasteiger partial charge in [0.15, 0.2) is 0 Å². The third-order valence-electron chi connectivity index (χ3n) is 2.53. The van der Waals surface area contributed by atoms with Gasteiger partial charge in [0.25, 0.3) is 0 Å². The Hall–Kier alpha value is -0.150. The number of hydrogen-bond donors (Lipinski definition) is 0. The Morgan fingerprint density at radius 3 is 3.00 bits per heavy atom. The Labute approximate surface area is 73.4 Å². The summed E-state index contributed by atoms with van der Waals surface area (Å²) < 4.78 is 13.0. The van der Waals surface area contributed by atoms with E-state index < -0.39 is 6.17 Å². The van der Waals surface area contributed by atoms with Gasteiger partial charge in [-0.1, -0.05) is 0 Å². The zero-order valence-electron chi connectivity index (χ0n) is 7.63. The summed E-state index contributed by atoms with van der Waals surface area (Å²) in [6.07, 6.45) is 1.94. The van der Waals surface area contributed by atoms with Gasteiger partial charge in [0.05, 0.1) is 6.61 Å². The fourth-order valence-corrected chi connectivity index (χ4v) is 1.92. The van der Waals surface area contributed by atoms with Gasteiger partial charge in [0.1, 0.15) is 6.17 Å². The average Bonchev–Trinajstić information content (AvgIpc) is 2.48. The molecule has 1 aliphatic heterocycles. The lowest BCUT2D eigenvalue weighted by Gasteiger charge is -2.24. The minimum absolute atomic E-state index is 0.0378. The molecule has 0 aromatic rings. The minimum Gasteiger partial charge on any atom is -0.297 e. The third-order valence-corrected chi connectivity index (χ3v) is 2.53. The van der Waals surface area contributed by atoms with Gasteiger partial charge in [-0.15, -0.1) is 0 Å². The summed E-state index contributed by atoms with van der Waals surface area (Å²) in [6.45, 7) is 3.32. The van der Waals surface area contributed by atoms with E-state index in [0.717, 1.165) is 25.9 Å². The van der Waals surface area contributed by atoms with E-state index in [2.05, 4.69) is 4.90 Å².